The molecule has 1 aromatic rings. The largest absolute Gasteiger partial charge is 0.205 e. The molecule has 54 valence electrons. The maximum Gasteiger partial charge on any atom is 0.142 e. The van der Waals surface area contributed by atoms with E-state index in [9.17, 15) is 4.39 Å². The van der Waals surface area contributed by atoms with Crippen LogP contribution in [-0.4, -0.2) is 0 Å². The van der Waals surface area contributed by atoms with Crippen molar-refractivity contribution in [1.29, 1.82) is 0 Å². The molecule has 0 bridgehead atoms. The Hall–Kier alpha value is 0.140. The van der Waals surface area contributed by atoms with Crippen LogP contribution in [0.3, 0.4) is 0 Å². The Morgan fingerprint density at radius 2 is 2.20 bits per heavy atom. The molecular weight excluding hydrogens is 191 g/mol. The van der Waals surface area contributed by atoms with Gasteiger partial charge in [0, 0.05) is 4.90 Å². The van der Waals surface area contributed by atoms with Gasteiger partial charge >= 0.3 is 0 Å². The Labute approximate surface area is 72.6 Å². The number of rotatable bonds is 1. The average Bonchev–Trinajstić information content (AvgIpc) is 1.95. The summed E-state index contributed by atoms with van der Waals surface area (Å²) in [6.45, 7) is 0. The van der Waals surface area contributed by atoms with Crippen molar-refractivity contribution in [3.05, 3.63) is 29.0 Å². The third-order valence-corrected chi connectivity index (χ3v) is 2.40. The maximum absolute atomic E-state index is 12.6. The lowest BCUT2D eigenvalue weighted by molar-refractivity contribution is 0.625. The van der Waals surface area contributed by atoms with E-state index in [4.69, 9.17) is 11.6 Å². The quantitative estimate of drug-likeness (QED) is 0.528. The summed E-state index contributed by atoms with van der Waals surface area (Å²) in [7, 11) is 1.19. The lowest BCUT2D eigenvalue weighted by atomic mass is 10.3. The van der Waals surface area contributed by atoms with Crippen molar-refractivity contribution >= 4 is 34.1 Å². The Morgan fingerprint density at radius 1 is 1.50 bits per heavy atom. The Balaban J connectivity index is 3.04. The normalized spacial score (nSPS) is 9.90. The van der Waals surface area contributed by atoms with E-state index in [0.717, 1.165) is 4.90 Å². The van der Waals surface area contributed by atoms with Crippen LogP contribution in [0.5, 0.6) is 0 Å². The van der Waals surface area contributed by atoms with E-state index in [0.29, 0.717) is 0 Å². The lowest BCUT2D eigenvalue weighted by Crippen LogP contribution is -1.75. The van der Waals surface area contributed by atoms with Crippen molar-refractivity contribution in [3.63, 3.8) is 0 Å². The Morgan fingerprint density at radius 3 is 2.70 bits per heavy atom. The highest BCUT2D eigenvalue weighted by Crippen LogP contribution is 2.25. The second-order valence-corrected chi connectivity index (χ2v) is 3.28. The first kappa shape index (κ1) is 8.24. The zero-order valence-corrected chi connectivity index (χ0v) is 7.31. The van der Waals surface area contributed by atoms with Crippen LogP contribution in [0.15, 0.2) is 23.1 Å². The van der Waals surface area contributed by atoms with Gasteiger partial charge in [-0.1, -0.05) is 22.4 Å². The van der Waals surface area contributed by atoms with Gasteiger partial charge in [0.15, 0.2) is 0 Å². The number of thiol groups is 1. The highest BCUT2D eigenvalue weighted by Gasteiger charge is 1.98. The van der Waals surface area contributed by atoms with Crippen LogP contribution < -0.4 is 0 Å². The summed E-state index contributed by atoms with van der Waals surface area (Å²) < 4.78 is 12.6. The molecule has 0 heterocycles. The van der Waals surface area contributed by atoms with Gasteiger partial charge in [0.1, 0.15) is 5.82 Å². The van der Waals surface area contributed by atoms with Crippen molar-refractivity contribution < 1.29 is 4.39 Å². The predicted octanol–water partition coefficient (Wildman–Crippen LogP) is 3.42. The molecule has 0 aromatic heterocycles. The minimum Gasteiger partial charge on any atom is -0.205 e. The van der Waals surface area contributed by atoms with Crippen molar-refractivity contribution in [3.8, 4) is 0 Å². The van der Waals surface area contributed by atoms with E-state index < -0.39 is 5.82 Å². The van der Waals surface area contributed by atoms with Gasteiger partial charge in [0.05, 0.1) is 5.02 Å². The first-order chi connectivity index (χ1) is 4.74. The van der Waals surface area contributed by atoms with Crippen LogP contribution in [-0.2, 0) is 0 Å². The van der Waals surface area contributed by atoms with Gasteiger partial charge in [-0.2, -0.15) is 0 Å². The van der Waals surface area contributed by atoms with E-state index in [-0.39, 0.29) is 5.02 Å². The fourth-order valence-electron chi connectivity index (χ4n) is 0.534. The van der Waals surface area contributed by atoms with E-state index in [2.05, 4.69) is 11.7 Å². The van der Waals surface area contributed by atoms with Crippen molar-refractivity contribution in [1.82, 2.24) is 0 Å². The highest BCUT2D eigenvalue weighted by molar-refractivity contribution is 8.68. The summed E-state index contributed by atoms with van der Waals surface area (Å²) in [4.78, 5) is 0.755. The lowest BCUT2D eigenvalue weighted by Gasteiger charge is -1.95. The fraction of sp³-hybridized carbons (Fsp3) is 0. The summed E-state index contributed by atoms with van der Waals surface area (Å²) in [5.41, 5.74) is 0. The van der Waals surface area contributed by atoms with Gasteiger partial charge in [0.25, 0.3) is 0 Å². The molecular formula is C6H4ClFS2. The Kier molecular flexibility index (Phi) is 2.89. The molecule has 10 heavy (non-hydrogen) atoms. The zero-order valence-electron chi connectivity index (χ0n) is 4.84. The van der Waals surface area contributed by atoms with Gasteiger partial charge in [-0.05, 0) is 18.2 Å². The maximum atomic E-state index is 12.6. The average molecular weight is 195 g/mol. The van der Waals surface area contributed by atoms with Crippen LogP contribution in [0.2, 0.25) is 5.02 Å². The third kappa shape index (κ3) is 1.81. The summed E-state index contributed by atoms with van der Waals surface area (Å²) in [6, 6.07) is 4.57. The second kappa shape index (κ2) is 3.51. The fourth-order valence-corrected chi connectivity index (χ4v) is 1.28. The van der Waals surface area contributed by atoms with Gasteiger partial charge in [-0.25, -0.2) is 4.39 Å². The highest BCUT2D eigenvalue weighted by atomic mass is 35.5. The molecule has 0 aliphatic heterocycles. The third-order valence-electron chi connectivity index (χ3n) is 0.996. The number of hydrogen-bond donors (Lipinski definition) is 1. The molecule has 0 saturated heterocycles. The van der Waals surface area contributed by atoms with Crippen LogP contribution in [0.4, 0.5) is 4.39 Å². The van der Waals surface area contributed by atoms with E-state index in [1.807, 2.05) is 0 Å². The first-order valence-electron chi connectivity index (χ1n) is 2.50. The summed E-state index contributed by atoms with van der Waals surface area (Å²) >= 11 is 9.33. The number of hydrogen-bond acceptors (Lipinski definition) is 2. The standard InChI is InChI=1S/C6H4ClFS2/c7-5-2-1-4(10-9)3-6(5)8/h1-3,9H. The second-order valence-electron chi connectivity index (χ2n) is 1.67. The summed E-state index contributed by atoms with van der Waals surface area (Å²) in [5, 5.41) is 0.145. The molecule has 1 rings (SSSR count). The minimum atomic E-state index is -0.402. The minimum absolute atomic E-state index is 0.145. The van der Waals surface area contributed by atoms with Crippen molar-refractivity contribution in [2.75, 3.05) is 0 Å². The SMILES string of the molecule is Fc1cc(SS)ccc1Cl. The molecule has 1 aromatic carbocycles. The molecule has 0 aliphatic carbocycles. The molecule has 4 heteroatoms. The van der Waals surface area contributed by atoms with Gasteiger partial charge in [0.2, 0.25) is 0 Å². The summed E-state index contributed by atoms with van der Waals surface area (Å²) in [5.74, 6) is -0.402. The molecule has 0 spiro atoms. The molecule has 0 unspecified atom stereocenters. The molecule has 0 radical (unpaired) electrons. The van der Waals surface area contributed by atoms with Crippen LogP contribution in [0.1, 0.15) is 0 Å². The first-order valence-corrected chi connectivity index (χ1v) is 4.75. The van der Waals surface area contributed by atoms with Crippen LogP contribution in [0.25, 0.3) is 0 Å². The molecule has 0 saturated carbocycles. The van der Waals surface area contributed by atoms with Gasteiger partial charge < -0.3 is 0 Å². The molecule has 0 nitrogen and oxygen atoms in total. The molecule has 0 aliphatic rings. The molecule has 0 amide bonds. The number of benzene rings is 1. The molecule has 0 N–H and O–H groups in total. The smallest absolute Gasteiger partial charge is 0.142 e. The van der Waals surface area contributed by atoms with Gasteiger partial charge in [-0.15, -0.1) is 11.7 Å². The van der Waals surface area contributed by atoms with E-state index in [1.165, 1.54) is 22.9 Å². The topological polar surface area (TPSA) is 0 Å². The molecule has 0 atom stereocenters. The summed E-state index contributed by atoms with van der Waals surface area (Å²) in [6.07, 6.45) is 0. The van der Waals surface area contributed by atoms with Gasteiger partial charge in [-0.3, -0.25) is 0 Å². The van der Waals surface area contributed by atoms with Crippen LogP contribution in [0, 0.1) is 5.82 Å². The van der Waals surface area contributed by atoms with Crippen molar-refractivity contribution in [2.24, 2.45) is 0 Å². The molecule has 0 fully saturated rings. The van der Waals surface area contributed by atoms with Crippen molar-refractivity contribution in [2.45, 2.75) is 4.90 Å². The zero-order chi connectivity index (χ0) is 7.56. The Bertz CT molecular complexity index is 239. The van der Waals surface area contributed by atoms with E-state index >= 15 is 0 Å². The number of halogens is 2. The van der Waals surface area contributed by atoms with Crippen LogP contribution >= 0.6 is 34.1 Å². The van der Waals surface area contributed by atoms with E-state index in [1.54, 1.807) is 6.07 Å². The predicted molar refractivity (Wildman–Crippen MR) is 46.3 cm³/mol. The monoisotopic (exact) mass is 194 g/mol.